The molecule has 3 nitrogen and oxygen atoms in total. The highest BCUT2D eigenvalue weighted by atomic mass is 16.3. The van der Waals surface area contributed by atoms with E-state index in [1.54, 1.807) is 0 Å². The number of hydrogen-bond donors (Lipinski definition) is 0. The highest BCUT2D eigenvalue weighted by Gasteiger charge is 2.17. The van der Waals surface area contributed by atoms with Crippen LogP contribution in [0.5, 0.6) is 0 Å². The Hall–Kier alpha value is -6.71. The zero-order valence-electron chi connectivity index (χ0n) is 27.1. The number of para-hydroxylation sites is 4. The van der Waals surface area contributed by atoms with Crippen molar-refractivity contribution in [1.82, 2.24) is 9.55 Å². The van der Waals surface area contributed by atoms with Gasteiger partial charge in [0, 0.05) is 43.9 Å². The molecule has 10 aromatic rings. The lowest BCUT2D eigenvalue weighted by Gasteiger charge is -2.12. The first-order chi connectivity index (χ1) is 24.8. The Morgan fingerprint density at radius 3 is 1.84 bits per heavy atom. The van der Waals surface area contributed by atoms with Crippen LogP contribution in [0.2, 0.25) is 0 Å². The number of furan rings is 1. The summed E-state index contributed by atoms with van der Waals surface area (Å²) < 4.78 is 8.88. The molecule has 0 N–H and O–H groups in total. The molecule has 0 saturated heterocycles. The van der Waals surface area contributed by atoms with Crippen LogP contribution >= 0.6 is 0 Å². The molecule has 0 atom stereocenters. The van der Waals surface area contributed by atoms with Crippen molar-refractivity contribution in [2.75, 3.05) is 0 Å². The van der Waals surface area contributed by atoms with Gasteiger partial charge in [-0.05, 0) is 71.3 Å². The molecular weight excluding hydrogens is 609 g/mol. The molecule has 0 spiro atoms. The summed E-state index contributed by atoms with van der Waals surface area (Å²) in [5, 5.41) is 4.64. The molecule has 234 valence electrons. The number of pyridine rings is 1. The summed E-state index contributed by atoms with van der Waals surface area (Å²) in [6.07, 6.45) is 0. The first kappa shape index (κ1) is 28.3. The molecule has 7 aromatic carbocycles. The zero-order chi connectivity index (χ0) is 33.0. The minimum Gasteiger partial charge on any atom is -0.455 e. The summed E-state index contributed by atoms with van der Waals surface area (Å²) in [5.41, 5.74) is 13.7. The van der Waals surface area contributed by atoms with Crippen LogP contribution in [0.3, 0.4) is 0 Å². The quantitative estimate of drug-likeness (QED) is 0.188. The Kier molecular flexibility index (Phi) is 6.49. The first-order valence-electron chi connectivity index (χ1n) is 17.0. The third kappa shape index (κ3) is 4.63. The Bertz CT molecular complexity index is 2860. The van der Waals surface area contributed by atoms with Gasteiger partial charge >= 0.3 is 0 Å². The molecule has 0 aliphatic carbocycles. The summed E-state index contributed by atoms with van der Waals surface area (Å²) >= 11 is 0. The van der Waals surface area contributed by atoms with Gasteiger partial charge in [0.1, 0.15) is 11.2 Å². The summed E-state index contributed by atoms with van der Waals surface area (Å²) in [4.78, 5) is 5.37. The van der Waals surface area contributed by atoms with E-state index < -0.39 is 0 Å². The molecule has 0 bridgehead atoms. The Morgan fingerprint density at radius 2 is 1.00 bits per heavy atom. The predicted molar refractivity (Wildman–Crippen MR) is 208 cm³/mol. The number of nitrogens with zero attached hydrogens (tertiary/aromatic N) is 2. The SMILES string of the molecule is c1ccc(-c2cccc(-c3cc(-c4cccc5c4oc4ccccc45)cc(-c4ccc5c(c4)c4ccccc4n5-c4ccccc4)n3)c2)cc1. The summed E-state index contributed by atoms with van der Waals surface area (Å²) in [5.74, 6) is 0. The third-order valence-corrected chi connectivity index (χ3v) is 9.79. The van der Waals surface area contributed by atoms with Crippen LogP contribution in [-0.2, 0) is 0 Å². The fourth-order valence-electron chi connectivity index (χ4n) is 7.43. The zero-order valence-corrected chi connectivity index (χ0v) is 27.1. The fraction of sp³-hybridized carbons (Fsp3) is 0. The second-order valence-corrected chi connectivity index (χ2v) is 12.8. The van der Waals surface area contributed by atoms with Crippen molar-refractivity contribution in [3.8, 4) is 50.5 Å². The van der Waals surface area contributed by atoms with Crippen LogP contribution in [0.4, 0.5) is 0 Å². The van der Waals surface area contributed by atoms with Gasteiger partial charge in [-0.3, -0.25) is 0 Å². The Balaban J connectivity index is 1.21. The molecule has 0 unspecified atom stereocenters. The van der Waals surface area contributed by atoms with E-state index >= 15 is 0 Å². The van der Waals surface area contributed by atoms with Gasteiger partial charge in [-0.2, -0.15) is 0 Å². The van der Waals surface area contributed by atoms with Crippen molar-refractivity contribution < 1.29 is 4.42 Å². The van der Waals surface area contributed by atoms with Gasteiger partial charge in [0.15, 0.2) is 0 Å². The second-order valence-electron chi connectivity index (χ2n) is 12.8. The van der Waals surface area contributed by atoms with E-state index in [1.807, 2.05) is 12.1 Å². The molecule has 3 aromatic heterocycles. The van der Waals surface area contributed by atoms with Crippen LogP contribution < -0.4 is 0 Å². The highest BCUT2D eigenvalue weighted by molar-refractivity contribution is 6.11. The summed E-state index contributed by atoms with van der Waals surface area (Å²) in [6.45, 7) is 0. The molecule has 3 heterocycles. The maximum atomic E-state index is 6.53. The number of fused-ring (bicyclic) bond motifs is 6. The van der Waals surface area contributed by atoms with Crippen LogP contribution in [0, 0.1) is 0 Å². The maximum Gasteiger partial charge on any atom is 0.143 e. The molecule has 0 aliphatic heterocycles. The second kappa shape index (κ2) is 11.5. The summed E-state index contributed by atoms with van der Waals surface area (Å²) in [7, 11) is 0. The highest BCUT2D eigenvalue weighted by Crippen LogP contribution is 2.40. The van der Waals surface area contributed by atoms with Crippen molar-refractivity contribution in [1.29, 1.82) is 0 Å². The molecule has 0 radical (unpaired) electrons. The third-order valence-electron chi connectivity index (χ3n) is 9.79. The largest absolute Gasteiger partial charge is 0.455 e. The molecule has 0 aliphatic rings. The van der Waals surface area contributed by atoms with Gasteiger partial charge in [-0.15, -0.1) is 0 Å². The fourth-order valence-corrected chi connectivity index (χ4v) is 7.43. The van der Waals surface area contributed by atoms with Crippen molar-refractivity contribution in [3.63, 3.8) is 0 Å². The van der Waals surface area contributed by atoms with Crippen LogP contribution in [0.25, 0.3) is 94.2 Å². The molecular formula is C47H30N2O. The van der Waals surface area contributed by atoms with Crippen LogP contribution in [0.15, 0.2) is 186 Å². The predicted octanol–water partition coefficient (Wildman–Crippen LogP) is 12.7. The molecule has 0 amide bonds. The lowest BCUT2D eigenvalue weighted by molar-refractivity contribution is 0.670. The number of rotatable bonds is 5. The van der Waals surface area contributed by atoms with Crippen molar-refractivity contribution in [2.24, 2.45) is 0 Å². The standard InChI is InChI=1S/C47H30N2O/c1-3-13-31(14-4-1)32-15-11-16-33(27-32)42-29-35(37-21-12-22-40-39-20-8-10-24-46(39)50-47(37)40)30-43(48-42)34-25-26-45-41(28-34)38-19-7-9-23-44(38)49(45)36-17-5-2-6-18-36/h1-30H. The van der Waals surface area contributed by atoms with Crippen molar-refractivity contribution in [2.45, 2.75) is 0 Å². The monoisotopic (exact) mass is 638 g/mol. The van der Waals surface area contributed by atoms with Gasteiger partial charge in [0.25, 0.3) is 0 Å². The molecule has 0 saturated carbocycles. The van der Waals surface area contributed by atoms with Crippen LogP contribution in [-0.4, -0.2) is 9.55 Å². The van der Waals surface area contributed by atoms with E-state index in [4.69, 9.17) is 9.40 Å². The Morgan fingerprint density at radius 1 is 0.380 bits per heavy atom. The maximum absolute atomic E-state index is 6.53. The van der Waals surface area contributed by atoms with Gasteiger partial charge in [0.05, 0.1) is 22.4 Å². The van der Waals surface area contributed by atoms with Gasteiger partial charge in [-0.25, -0.2) is 4.98 Å². The van der Waals surface area contributed by atoms with E-state index in [2.05, 4.69) is 174 Å². The average molecular weight is 639 g/mol. The van der Waals surface area contributed by atoms with E-state index in [9.17, 15) is 0 Å². The minimum absolute atomic E-state index is 0.885. The molecule has 0 fully saturated rings. The number of hydrogen-bond acceptors (Lipinski definition) is 2. The van der Waals surface area contributed by atoms with Gasteiger partial charge < -0.3 is 8.98 Å². The van der Waals surface area contributed by atoms with E-state index in [-0.39, 0.29) is 0 Å². The molecule has 10 rings (SSSR count). The number of benzene rings is 7. The molecule has 50 heavy (non-hydrogen) atoms. The average Bonchev–Trinajstić information content (AvgIpc) is 3.74. The van der Waals surface area contributed by atoms with E-state index in [1.165, 1.54) is 27.4 Å². The van der Waals surface area contributed by atoms with Crippen molar-refractivity contribution in [3.05, 3.63) is 182 Å². The van der Waals surface area contributed by atoms with Crippen molar-refractivity contribution >= 4 is 43.7 Å². The topological polar surface area (TPSA) is 31.0 Å². The lowest BCUT2D eigenvalue weighted by Crippen LogP contribution is -1.94. The van der Waals surface area contributed by atoms with E-state index in [0.717, 1.165) is 66.8 Å². The first-order valence-corrected chi connectivity index (χ1v) is 17.0. The normalized spacial score (nSPS) is 11.6. The summed E-state index contributed by atoms with van der Waals surface area (Å²) in [6, 6.07) is 64.3. The van der Waals surface area contributed by atoms with E-state index in [0.29, 0.717) is 0 Å². The Labute approximate surface area is 289 Å². The van der Waals surface area contributed by atoms with Gasteiger partial charge in [-0.1, -0.05) is 127 Å². The van der Waals surface area contributed by atoms with Gasteiger partial charge in [0.2, 0.25) is 0 Å². The van der Waals surface area contributed by atoms with Crippen LogP contribution in [0.1, 0.15) is 0 Å². The smallest absolute Gasteiger partial charge is 0.143 e. The number of aromatic nitrogens is 2. The molecule has 3 heteroatoms. The lowest BCUT2D eigenvalue weighted by atomic mass is 9.96. The minimum atomic E-state index is 0.885.